The Bertz CT molecular complexity index is 907. The van der Waals surface area contributed by atoms with Crippen molar-refractivity contribution in [3.8, 4) is 5.75 Å². The quantitative estimate of drug-likeness (QED) is 0.455. The third kappa shape index (κ3) is 5.17. The van der Waals surface area contributed by atoms with Crippen LogP contribution in [0.15, 0.2) is 52.9 Å². The van der Waals surface area contributed by atoms with Gasteiger partial charge in [-0.05, 0) is 23.8 Å². The number of nitrogens with zero attached hydrogens (tertiary/aromatic N) is 2. The number of carbonyl (C=O) groups excluding carboxylic acids is 1. The van der Waals surface area contributed by atoms with Crippen LogP contribution in [0.5, 0.6) is 5.75 Å². The second-order valence-electron chi connectivity index (χ2n) is 5.02. The molecule has 134 valence electrons. The number of para-hydroxylation sites is 1. The molecule has 0 saturated carbocycles. The van der Waals surface area contributed by atoms with Crippen LogP contribution < -0.4 is 10.1 Å². The minimum Gasteiger partial charge on any atom is -0.482 e. The van der Waals surface area contributed by atoms with Crippen molar-refractivity contribution in [2.24, 2.45) is 0 Å². The Morgan fingerprint density at radius 1 is 1.19 bits per heavy atom. The lowest BCUT2D eigenvalue weighted by Gasteiger charge is -2.06. The Morgan fingerprint density at radius 2 is 1.96 bits per heavy atom. The molecule has 2 aromatic carbocycles. The first-order valence-corrected chi connectivity index (χ1v) is 9.67. The van der Waals surface area contributed by atoms with Gasteiger partial charge in [0, 0.05) is 5.75 Å². The molecule has 0 spiro atoms. The Hall–Kier alpha value is -2.16. The number of anilines is 1. The molecule has 3 aromatic rings. The normalized spacial score (nSPS) is 10.5. The summed E-state index contributed by atoms with van der Waals surface area (Å²) in [5.41, 5.74) is 0.589. The van der Waals surface area contributed by atoms with E-state index in [-0.39, 0.29) is 18.3 Å². The van der Waals surface area contributed by atoms with Crippen molar-refractivity contribution in [3.63, 3.8) is 0 Å². The molecule has 0 aliphatic rings. The maximum atomic E-state index is 13.6. The summed E-state index contributed by atoms with van der Waals surface area (Å²) in [7, 11) is 0. The third-order valence-corrected chi connectivity index (χ3v) is 5.49. The minimum absolute atomic E-state index is 0.193. The van der Waals surface area contributed by atoms with E-state index in [0.717, 1.165) is 0 Å². The fourth-order valence-electron chi connectivity index (χ4n) is 1.93. The maximum Gasteiger partial charge on any atom is 0.264 e. The molecule has 0 bridgehead atoms. The lowest BCUT2D eigenvalue weighted by atomic mass is 10.2. The smallest absolute Gasteiger partial charge is 0.264 e. The standard InChI is InChI=1S/C17H13ClFN3O2S2/c18-12-6-2-4-8-14(12)24-9-15(23)20-16-21-22-17(26-16)25-10-11-5-1-3-7-13(11)19/h1-8H,9-10H2,(H,20,21,23). The molecule has 1 amide bonds. The molecule has 0 saturated heterocycles. The van der Waals surface area contributed by atoms with Crippen LogP contribution in [0.2, 0.25) is 5.02 Å². The molecule has 0 unspecified atom stereocenters. The van der Waals surface area contributed by atoms with E-state index in [1.165, 1.54) is 29.2 Å². The van der Waals surface area contributed by atoms with E-state index in [1.54, 1.807) is 42.5 Å². The zero-order chi connectivity index (χ0) is 18.4. The molecule has 0 aliphatic heterocycles. The molecule has 0 atom stereocenters. The maximum absolute atomic E-state index is 13.6. The summed E-state index contributed by atoms with van der Waals surface area (Å²) in [6.45, 7) is -0.193. The third-order valence-electron chi connectivity index (χ3n) is 3.16. The topological polar surface area (TPSA) is 64.1 Å². The van der Waals surface area contributed by atoms with Crippen LogP contribution in [0.4, 0.5) is 9.52 Å². The number of nitrogens with one attached hydrogen (secondary N) is 1. The summed E-state index contributed by atoms with van der Waals surface area (Å²) in [5, 5.41) is 11.3. The predicted molar refractivity (Wildman–Crippen MR) is 101 cm³/mol. The molecular formula is C17H13ClFN3O2S2. The first kappa shape index (κ1) is 18.6. The Kier molecular flexibility index (Phi) is 6.43. The highest BCUT2D eigenvalue weighted by atomic mass is 35.5. The van der Waals surface area contributed by atoms with Gasteiger partial charge in [0.2, 0.25) is 5.13 Å². The fraction of sp³-hybridized carbons (Fsp3) is 0.118. The number of benzene rings is 2. The molecule has 9 heteroatoms. The highest BCUT2D eigenvalue weighted by Gasteiger charge is 2.11. The van der Waals surface area contributed by atoms with E-state index in [4.69, 9.17) is 16.3 Å². The van der Waals surface area contributed by atoms with Crippen molar-refractivity contribution in [2.75, 3.05) is 11.9 Å². The molecule has 26 heavy (non-hydrogen) atoms. The largest absolute Gasteiger partial charge is 0.482 e. The van der Waals surface area contributed by atoms with Crippen LogP contribution >= 0.6 is 34.7 Å². The Labute approximate surface area is 162 Å². The molecule has 1 N–H and O–H groups in total. The van der Waals surface area contributed by atoms with Crippen molar-refractivity contribution < 1.29 is 13.9 Å². The highest BCUT2D eigenvalue weighted by molar-refractivity contribution is 8.00. The fourth-order valence-corrected chi connectivity index (χ4v) is 3.88. The zero-order valence-electron chi connectivity index (χ0n) is 13.3. The van der Waals surface area contributed by atoms with Gasteiger partial charge in [0.05, 0.1) is 5.02 Å². The van der Waals surface area contributed by atoms with Crippen LogP contribution in [0, 0.1) is 5.82 Å². The summed E-state index contributed by atoms with van der Waals surface area (Å²) in [6.07, 6.45) is 0. The summed E-state index contributed by atoms with van der Waals surface area (Å²) in [5.74, 6) is 0.245. The first-order chi connectivity index (χ1) is 12.6. The molecule has 1 heterocycles. The summed E-state index contributed by atoms with van der Waals surface area (Å²) >= 11 is 8.53. The molecule has 1 aromatic heterocycles. The number of thioether (sulfide) groups is 1. The zero-order valence-corrected chi connectivity index (χ0v) is 15.7. The highest BCUT2D eigenvalue weighted by Crippen LogP contribution is 2.29. The SMILES string of the molecule is O=C(COc1ccccc1Cl)Nc1nnc(SCc2ccccc2F)s1. The van der Waals surface area contributed by atoms with E-state index < -0.39 is 0 Å². The average Bonchev–Trinajstić information content (AvgIpc) is 3.08. The number of hydrogen-bond donors (Lipinski definition) is 1. The molecule has 0 radical (unpaired) electrons. The van der Waals surface area contributed by atoms with Gasteiger partial charge in [-0.15, -0.1) is 10.2 Å². The lowest BCUT2D eigenvalue weighted by Crippen LogP contribution is -2.20. The lowest BCUT2D eigenvalue weighted by molar-refractivity contribution is -0.118. The van der Waals surface area contributed by atoms with Crippen molar-refractivity contribution in [3.05, 3.63) is 64.9 Å². The van der Waals surface area contributed by atoms with Gasteiger partial charge in [-0.1, -0.05) is 65.0 Å². The number of amides is 1. The second-order valence-corrected chi connectivity index (χ2v) is 7.63. The van der Waals surface area contributed by atoms with E-state index in [9.17, 15) is 9.18 Å². The molecule has 5 nitrogen and oxygen atoms in total. The molecule has 3 rings (SSSR count). The van der Waals surface area contributed by atoms with Crippen molar-refractivity contribution >= 4 is 45.7 Å². The van der Waals surface area contributed by atoms with Gasteiger partial charge >= 0.3 is 0 Å². The Morgan fingerprint density at radius 3 is 2.77 bits per heavy atom. The Balaban J connectivity index is 1.49. The van der Waals surface area contributed by atoms with Gasteiger partial charge in [-0.25, -0.2) is 4.39 Å². The average molecular weight is 410 g/mol. The van der Waals surface area contributed by atoms with E-state index in [1.807, 2.05) is 0 Å². The van der Waals surface area contributed by atoms with Crippen molar-refractivity contribution in [1.29, 1.82) is 0 Å². The number of aromatic nitrogens is 2. The molecular weight excluding hydrogens is 397 g/mol. The van der Waals surface area contributed by atoms with Crippen LogP contribution in [-0.2, 0) is 10.5 Å². The monoisotopic (exact) mass is 409 g/mol. The predicted octanol–water partition coefficient (Wildman–Crippen LogP) is 4.64. The molecule has 0 aliphatic carbocycles. The first-order valence-electron chi connectivity index (χ1n) is 7.48. The van der Waals surface area contributed by atoms with Gasteiger partial charge in [-0.3, -0.25) is 10.1 Å². The number of halogens is 2. The van der Waals surface area contributed by atoms with Gasteiger partial charge in [0.15, 0.2) is 10.9 Å². The number of hydrogen-bond acceptors (Lipinski definition) is 6. The minimum atomic E-state index is -0.369. The van der Waals surface area contributed by atoms with Crippen molar-refractivity contribution in [2.45, 2.75) is 10.1 Å². The number of carbonyl (C=O) groups is 1. The van der Waals surface area contributed by atoms with Gasteiger partial charge < -0.3 is 4.74 Å². The van der Waals surface area contributed by atoms with E-state index in [0.29, 0.717) is 31.6 Å². The summed E-state index contributed by atoms with van der Waals surface area (Å²) in [4.78, 5) is 11.9. The van der Waals surface area contributed by atoms with Gasteiger partial charge in [0.25, 0.3) is 5.91 Å². The number of rotatable bonds is 7. The number of ether oxygens (including phenoxy) is 1. The van der Waals surface area contributed by atoms with Gasteiger partial charge in [0.1, 0.15) is 11.6 Å². The van der Waals surface area contributed by atoms with Crippen LogP contribution in [-0.4, -0.2) is 22.7 Å². The summed E-state index contributed by atoms with van der Waals surface area (Å²) < 4.78 is 19.6. The van der Waals surface area contributed by atoms with Crippen LogP contribution in [0.1, 0.15) is 5.56 Å². The molecule has 0 fully saturated rings. The van der Waals surface area contributed by atoms with Gasteiger partial charge in [-0.2, -0.15) is 0 Å². The summed E-state index contributed by atoms with van der Waals surface area (Å²) in [6, 6.07) is 13.5. The van der Waals surface area contributed by atoms with Crippen LogP contribution in [0.3, 0.4) is 0 Å². The van der Waals surface area contributed by atoms with E-state index >= 15 is 0 Å². The second kappa shape index (κ2) is 8.98. The van der Waals surface area contributed by atoms with E-state index in [2.05, 4.69) is 15.5 Å². The van der Waals surface area contributed by atoms with Crippen LogP contribution in [0.25, 0.3) is 0 Å². The van der Waals surface area contributed by atoms with Crippen molar-refractivity contribution in [1.82, 2.24) is 10.2 Å².